The maximum absolute atomic E-state index is 11.3. The Hall–Kier alpha value is -0.890. The van der Waals surface area contributed by atoms with E-state index >= 15 is 0 Å². The van der Waals surface area contributed by atoms with E-state index in [1.165, 1.54) is 0 Å². The van der Waals surface area contributed by atoms with Gasteiger partial charge in [-0.05, 0) is 17.7 Å². The molecule has 0 aliphatic carbocycles. The second kappa shape index (κ2) is 5.11. The van der Waals surface area contributed by atoms with E-state index in [-0.39, 0.29) is 11.7 Å². The molecule has 0 fully saturated rings. The summed E-state index contributed by atoms with van der Waals surface area (Å²) in [5.74, 6) is 0.217. The first-order valence-corrected chi connectivity index (χ1v) is 5.37. The van der Waals surface area contributed by atoms with E-state index in [0.717, 1.165) is 10.0 Å². The summed E-state index contributed by atoms with van der Waals surface area (Å²) in [5, 5.41) is 0. The summed E-state index contributed by atoms with van der Waals surface area (Å²) in [6.45, 7) is 3.79. The number of ketones is 1. The summed E-state index contributed by atoms with van der Waals surface area (Å²) in [4.78, 5) is 11.3. The van der Waals surface area contributed by atoms with Crippen molar-refractivity contribution >= 4 is 27.8 Å². The van der Waals surface area contributed by atoms with Crippen molar-refractivity contribution in [2.24, 2.45) is 5.92 Å². The fourth-order valence-corrected chi connectivity index (χ4v) is 1.39. The van der Waals surface area contributed by atoms with Gasteiger partial charge in [-0.1, -0.05) is 54.1 Å². The van der Waals surface area contributed by atoms with Crippen LogP contribution >= 0.6 is 15.9 Å². The van der Waals surface area contributed by atoms with Crippen LogP contribution in [-0.2, 0) is 4.79 Å². The zero-order chi connectivity index (χ0) is 10.6. The highest BCUT2D eigenvalue weighted by atomic mass is 79.9. The summed E-state index contributed by atoms with van der Waals surface area (Å²) in [5.41, 5.74) is 1.03. The fraction of sp³-hybridized carbons (Fsp3) is 0.250. The third-order valence-electron chi connectivity index (χ3n) is 1.90. The highest BCUT2D eigenvalue weighted by molar-refractivity contribution is 9.10. The first-order chi connectivity index (χ1) is 6.61. The molecule has 0 N–H and O–H groups in total. The molecule has 0 saturated heterocycles. The van der Waals surface area contributed by atoms with Crippen LogP contribution in [0.25, 0.3) is 6.08 Å². The van der Waals surface area contributed by atoms with Crippen LogP contribution in [0.3, 0.4) is 0 Å². The van der Waals surface area contributed by atoms with Crippen LogP contribution in [0.15, 0.2) is 34.8 Å². The van der Waals surface area contributed by atoms with Gasteiger partial charge in [0.25, 0.3) is 0 Å². The predicted octanol–water partition coefficient (Wildman–Crippen LogP) is 3.69. The normalized spacial score (nSPS) is 11.1. The Balaban J connectivity index is 2.79. The molecular weight excluding hydrogens is 240 g/mol. The number of rotatable bonds is 3. The van der Waals surface area contributed by atoms with E-state index in [2.05, 4.69) is 15.9 Å². The van der Waals surface area contributed by atoms with Gasteiger partial charge < -0.3 is 0 Å². The van der Waals surface area contributed by atoms with Crippen molar-refractivity contribution in [3.05, 3.63) is 40.4 Å². The summed E-state index contributed by atoms with van der Waals surface area (Å²) >= 11 is 3.42. The van der Waals surface area contributed by atoms with Crippen molar-refractivity contribution in [1.82, 2.24) is 0 Å². The summed E-state index contributed by atoms with van der Waals surface area (Å²) in [6.07, 6.45) is 3.47. The average Bonchev–Trinajstić information content (AvgIpc) is 2.16. The molecule has 0 heterocycles. The van der Waals surface area contributed by atoms with Crippen LogP contribution in [0.2, 0.25) is 0 Å². The lowest BCUT2D eigenvalue weighted by molar-refractivity contribution is -0.117. The molecule has 1 aromatic rings. The molecule has 0 amide bonds. The van der Waals surface area contributed by atoms with Crippen molar-refractivity contribution in [1.29, 1.82) is 0 Å². The molecule has 0 atom stereocenters. The van der Waals surface area contributed by atoms with Crippen molar-refractivity contribution in [2.45, 2.75) is 13.8 Å². The van der Waals surface area contributed by atoms with Crippen molar-refractivity contribution in [3.8, 4) is 0 Å². The van der Waals surface area contributed by atoms with Gasteiger partial charge in [-0.3, -0.25) is 4.79 Å². The molecule has 0 radical (unpaired) electrons. The number of hydrogen-bond acceptors (Lipinski definition) is 1. The van der Waals surface area contributed by atoms with Gasteiger partial charge in [0, 0.05) is 10.4 Å². The molecule has 0 saturated carbocycles. The number of benzene rings is 1. The topological polar surface area (TPSA) is 17.1 Å². The highest BCUT2D eigenvalue weighted by Crippen LogP contribution is 2.17. The van der Waals surface area contributed by atoms with E-state index in [0.29, 0.717) is 0 Å². The second-order valence-corrected chi connectivity index (χ2v) is 4.27. The second-order valence-electron chi connectivity index (χ2n) is 3.41. The van der Waals surface area contributed by atoms with Gasteiger partial charge in [-0.2, -0.15) is 0 Å². The van der Waals surface area contributed by atoms with Crippen LogP contribution in [0.5, 0.6) is 0 Å². The van der Waals surface area contributed by atoms with E-state index in [1.807, 2.05) is 44.2 Å². The largest absolute Gasteiger partial charge is 0.295 e. The Kier molecular flexibility index (Phi) is 4.08. The summed E-state index contributed by atoms with van der Waals surface area (Å²) in [6, 6.07) is 7.82. The van der Waals surface area contributed by atoms with Crippen LogP contribution in [0, 0.1) is 5.92 Å². The minimum Gasteiger partial charge on any atom is -0.295 e. The molecule has 0 aliphatic heterocycles. The lowest BCUT2D eigenvalue weighted by Gasteiger charge is -1.98. The Bertz CT molecular complexity index is 353. The van der Waals surface area contributed by atoms with Gasteiger partial charge >= 0.3 is 0 Å². The number of hydrogen-bond donors (Lipinski definition) is 0. The quantitative estimate of drug-likeness (QED) is 0.751. The van der Waals surface area contributed by atoms with Crippen LogP contribution in [0.1, 0.15) is 19.4 Å². The monoisotopic (exact) mass is 252 g/mol. The van der Waals surface area contributed by atoms with E-state index < -0.39 is 0 Å². The molecule has 1 aromatic carbocycles. The summed E-state index contributed by atoms with van der Waals surface area (Å²) in [7, 11) is 0. The maximum Gasteiger partial charge on any atom is 0.158 e. The van der Waals surface area contributed by atoms with E-state index in [4.69, 9.17) is 0 Å². The van der Waals surface area contributed by atoms with Gasteiger partial charge in [-0.15, -0.1) is 0 Å². The van der Waals surface area contributed by atoms with Gasteiger partial charge in [-0.25, -0.2) is 0 Å². The van der Waals surface area contributed by atoms with Gasteiger partial charge in [0.15, 0.2) is 5.78 Å². The molecule has 14 heavy (non-hydrogen) atoms. The minimum atomic E-state index is 0.0636. The summed E-state index contributed by atoms with van der Waals surface area (Å²) < 4.78 is 1.01. The number of halogens is 1. The lowest BCUT2D eigenvalue weighted by atomic mass is 10.1. The third-order valence-corrected chi connectivity index (χ3v) is 2.62. The molecule has 0 aliphatic rings. The molecule has 1 rings (SSSR count). The highest BCUT2D eigenvalue weighted by Gasteiger charge is 2.01. The number of carbonyl (C=O) groups excluding carboxylic acids is 1. The Morgan fingerprint density at radius 2 is 2.00 bits per heavy atom. The first kappa shape index (κ1) is 11.2. The zero-order valence-electron chi connectivity index (χ0n) is 8.33. The first-order valence-electron chi connectivity index (χ1n) is 4.57. The minimum absolute atomic E-state index is 0.0636. The van der Waals surface area contributed by atoms with Crippen molar-refractivity contribution < 1.29 is 4.79 Å². The molecule has 2 heteroatoms. The molecule has 0 aromatic heterocycles. The Labute approximate surface area is 93.0 Å². The standard InChI is InChI=1S/C12H13BrO/c1-9(2)12(14)8-7-10-5-3-4-6-11(10)13/h3-9H,1-2H3/b8-7+. The number of carbonyl (C=O) groups is 1. The van der Waals surface area contributed by atoms with E-state index in [9.17, 15) is 4.79 Å². The maximum atomic E-state index is 11.3. The number of allylic oxidation sites excluding steroid dienone is 1. The molecule has 0 spiro atoms. The fourth-order valence-electron chi connectivity index (χ4n) is 0.975. The van der Waals surface area contributed by atoms with Crippen LogP contribution in [0.4, 0.5) is 0 Å². The van der Waals surface area contributed by atoms with E-state index in [1.54, 1.807) is 6.08 Å². The zero-order valence-corrected chi connectivity index (χ0v) is 9.91. The Morgan fingerprint density at radius 3 is 2.57 bits per heavy atom. The molecule has 0 bridgehead atoms. The van der Waals surface area contributed by atoms with Gasteiger partial charge in [0.1, 0.15) is 0 Å². The SMILES string of the molecule is CC(C)C(=O)/C=C/c1ccccc1Br. The molecule has 74 valence electrons. The smallest absolute Gasteiger partial charge is 0.158 e. The molecule has 0 unspecified atom stereocenters. The van der Waals surface area contributed by atoms with Crippen molar-refractivity contribution in [3.63, 3.8) is 0 Å². The van der Waals surface area contributed by atoms with Crippen LogP contribution < -0.4 is 0 Å². The Morgan fingerprint density at radius 1 is 1.36 bits per heavy atom. The third kappa shape index (κ3) is 3.11. The van der Waals surface area contributed by atoms with Crippen molar-refractivity contribution in [2.75, 3.05) is 0 Å². The van der Waals surface area contributed by atoms with Gasteiger partial charge in [0.2, 0.25) is 0 Å². The van der Waals surface area contributed by atoms with Gasteiger partial charge in [0.05, 0.1) is 0 Å². The molecular formula is C12H13BrO. The average molecular weight is 253 g/mol. The van der Waals surface area contributed by atoms with Crippen LogP contribution in [-0.4, -0.2) is 5.78 Å². The lowest BCUT2D eigenvalue weighted by Crippen LogP contribution is -2.01. The molecule has 1 nitrogen and oxygen atoms in total. The predicted molar refractivity (Wildman–Crippen MR) is 63.0 cm³/mol.